The third kappa shape index (κ3) is 1.65. The molecule has 1 atom stereocenters. The van der Waals surface area contributed by atoms with Crippen molar-refractivity contribution in [3.63, 3.8) is 0 Å². The van der Waals surface area contributed by atoms with E-state index in [1.165, 1.54) is 6.07 Å². The van der Waals surface area contributed by atoms with Gasteiger partial charge in [0.1, 0.15) is 11.6 Å². The molecule has 0 saturated carbocycles. The van der Waals surface area contributed by atoms with E-state index in [1.54, 1.807) is 6.20 Å². The fourth-order valence-corrected chi connectivity index (χ4v) is 1.78. The van der Waals surface area contributed by atoms with E-state index in [9.17, 15) is 8.78 Å². The van der Waals surface area contributed by atoms with Gasteiger partial charge in [-0.25, -0.2) is 14.2 Å². The second-order valence-corrected chi connectivity index (χ2v) is 3.83. The summed E-state index contributed by atoms with van der Waals surface area (Å²) in [4.78, 5) is 0. The van der Waals surface area contributed by atoms with Crippen LogP contribution in [0.15, 0.2) is 28.9 Å². The summed E-state index contributed by atoms with van der Waals surface area (Å²) in [7, 11) is 0. The lowest BCUT2D eigenvalue weighted by Crippen LogP contribution is -2.25. The Hall–Kier alpha value is -0.940. The standard InChI is InChI=1S/C9H7BrF2N2/c10-7-4-13-14-9(7)6-3-5(11)1-2-8(6)12/h1-4,9,13-14H. The highest BCUT2D eigenvalue weighted by atomic mass is 79.9. The van der Waals surface area contributed by atoms with Crippen LogP contribution >= 0.6 is 15.9 Å². The van der Waals surface area contributed by atoms with Crippen LogP contribution < -0.4 is 10.9 Å². The molecule has 0 radical (unpaired) electrons. The molecule has 0 spiro atoms. The molecule has 1 aliphatic rings. The summed E-state index contributed by atoms with van der Waals surface area (Å²) < 4.78 is 26.9. The van der Waals surface area contributed by atoms with Gasteiger partial charge in [0.05, 0.1) is 6.04 Å². The van der Waals surface area contributed by atoms with Crippen LogP contribution in [0.3, 0.4) is 0 Å². The van der Waals surface area contributed by atoms with Crippen molar-refractivity contribution in [3.05, 3.63) is 46.1 Å². The zero-order valence-corrected chi connectivity index (χ0v) is 8.61. The van der Waals surface area contributed by atoms with E-state index in [0.717, 1.165) is 16.6 Å². The molecule has 0 amide bonds. The van der Waals surface area contributed by atoms with Crippen molar-refractivity contribution in [1.82, 2.24) is 10.9 Å². The molecule has 1 aromatic carbocycles. The van der Waals surface area contributed by atoms with Crippen LogP contribution in [-0.4, -0.2) is 0 Å². The van der Waals surface area contributed by atoms with Crippen molar-refractivity contribution in [2.75, 3.05) is 0 Å². The molecule has 0 saturated heterocycles. The van der Waals surface area contributed by atoms with Crippen molar-refractivity contribution in [2.45, 2.75) is 6.04 Å². The predicted molar refractivity (Wildman–Crippen MR) is 52.4 cm³/mol. The monoisotopic (exact) mass is 260 g/mol. The molecule has 0 aliphatic carbocycles. The second-order valence-electron chi connectivity index (χ2n) is 2.92. The van der Waals surface area contributed by atoms with Gasteiger partial charge in [-0.3, -0.25) is 0 Å². The molecule has 0 bridgehead atoms. The Morgan fingerprint density at radius 1 is 1.29 bits per heavy atom. The van der Waals surface area contributed by atoms with Crippen LogP contribution in [0.25, 0.3) is 0 Å². The maximum absolute atomic E-state index is 13.3. The molecule has 1 heterocycles. The quantitative estimate of drug-likeness (QED) is 0.810. The molecule has 1 unspecified atom stereocenters. The smallest absolute Gasteiger partial charge is 0.128 e. The number of nitrogens with one attached hydrogen (secondary N) is 2. The van der Waals surface area contributed by atoms with Gasteiger partial charge in [0.15, 0.2) is 0 Å². The van der Waals surface area contributed by atoms with Gasteiger partial charge in [0, 0.05) is 16.2 Å². The molecule has 1 aromatic rings. The Kier molecular flexibility index (Phi) is 2.52. The highest BCUT2D eigenvalue weighted by Crippen LogP contribution is 2.30. The van der Waals surface area contributed by atoms with Gasteiger partial charge in [-0.1, -0.05) is 15.9 Å². The van der Waals surface area contributed by atoms with Gasteiger partial charge in [-0.15, -0.1) is 0 Å². The molecule has 2 nitrogen and oxygen atoms in total. The van der Waals surface area contributed by atoms with Crippen molar-refractivity contribution in [3.8, 4) is 0 Å². The zero-order valence-electron chi connectivity index (χ0n) is 7.02. The normalized spacial score (nSPS) is 20.5. The molecule has 2 N–H and O–H groups in total. The maximum Gasteiger partial charge on any atom is 0.128 e. The fraction of sp³-hybridized carbons (Fsp3) is 0.111. The third-order valence-electron chi connectivity index (χ3n) is 1.98. The predicted octanol–water partition coefficient (Wildman–Crippen LogP) is 2.35. The van der Waals surface area contributed by atoms with Crippen molar-refractivity contribution < 1.29 is 8.78 Å². The Bertz CT molecular complexity index is 392. The van der Waals surface area contributed by atoms with Crippen LogP contribution in [0.5, 0.6) is 0 Å². The zero-order chi connectivity index (χ0) is 10.1. The molecule has 0 aromatic heterocycles. The van der Waals surface area contributed by atoms with Crippen LogP contribution in [0, 0.1) is 11.6 Å². The average Bonchev–Trinajstić information content (AvgIpc) is 2.56. The first-order chi connectivity index (χ1) is 6.68. The van der Waals surface area contributed by atoms with E-state index >= 15 is 0 Å². The van der Waals surface area contributed by atoms with Gasteiger partial charge in [0.25, 0.3) is 0 Å². The molecule has 0 fully saturated rings. The van der Waals surface area contributed by atoms with Crippen LogP contribution in [0.1, 0.15) is 11.6 Å². The van der Waals surface area contributed by atoms with E-state index in [2.05, 4.69) is 26.8 Å². The van der Waals surface area contributed by atoms with Crippen molar-refractivity contribution >= 4 is 15.9 Å². The number of hydrogen-bond donors (Lipinski definition) is 2. The highest BCUT2D eigenvalue weighted by Gasteiger charge is 2.22. The summed E-state index contributed by atoms with van der Waals surface area (Å²) in [5, 5.41) is 0. The number of rotatable bonds is 1. The van der Waals surface area contributed by atoms with Crippen LogP contribution in [0.4, 0.5) is 8.78 Å². The Morgan fingerprint density at radius 2 is 2.07 bits per heavy atom. The Balaban J connectivity index is 2.40. The number of benzene rings is 1. The van der Waals surface area contributed by atoms with E-state index in [1.807, 2.05) is 0 Å². The highest BCUT2D eigenvalue weighted by molar-refractivity contribution is 9.11. The number of hydrogen-bond acceptors (Lipinski definition) is 2. The molecule has 1 aliphatic heterocycles. The minimum Gasteiger partial charge on any atom is -0.327 e. The first kappa shape index (κ1) is 9.61. The molecule has 14 heavy (non-hydrogen) atoms. The van der Waals surface area contributed by atoms with Crippen LogP contribution in [-0.2, 0) is 0 Å². The lowest BCUT2D eigenvalue weighted by molar-refractivity contribution is 0.540. The lowest BCUT2D eigenvalue weighted by atomic mass is 10.1. The summed E-state index contributed by atoms with van der Waals surface area (Å²) in [6.45, 7) is 0. The average molecular weight is 261 g/mol. The van der Waals surface area contributed by atoms with E-state index in [0.29, 0.717) is 0 Å². The van der Waals surface area contributed by atoms with Gasteiger partial charge in [-0.2, -0.15) is 0 Å². The summed E-state index contributed by atoms with van der Waals surface area (Å²) in [6.07, 6.45) is 1.65. The van der Waals surface area contributed by atoms with Crippen LogP contribution in [0.2, 0.25) is 0 Å². The van der Waals surface area contributed by atoms with Crippen molar-refractivity contribution in [2.24, 2.45) is 0 Å². The maximum atomic E-state index is 13.3. The topological polar surface area (TPSA) is 24.1 Å². The SMILES string of the molecule is Fc1ccc(F)c(C2NNC=C2Br)c1. The third-order valence-corrected chi connectivity index (χ3v) is 2.67. The van der Waals surface area contributed by atoms with Gasteiger partial charge in [-0.05, 0) is 18.2 Å². The summed E-state index contributed by atoms with van der Waals surface area (Å²) in [5.74, 6) is -0.881. The first-order valence-electron chi connectivity index (χ1n) is 4.00. The number of hydrazine groups is 1. The number of halogens is 3. The lowest BCUT2D eigenvalue weighted by Gasteiger charge is -2.12. The van der Waals surface area contributed by atoms with E-state index < -0.39 is 11.6 Å². The van der Waals surface area contributed by atoms with Gasteiger partial charge in [0.2, 0.25) is 0 Å². The fourth-order valence-electron chi connectivity index (χ4n) is 1.31. The van der Waals surface area contributed by atoms with Gasteiger partial charge >= 0.3 is 0 Å². The molecule has 5 heteroatoms. The molecular formula is C9H7BrF2N2. The van der Waals surface area contributed by atoms with Gasteiger partial charge < -0.3 is 5.43 Å². The molecular weight excluding hydrogens is 254 g/mol. The minimum absolute atomic E-state index is 0.276. The summed E-state index contributed by atoms with van der Waals surface area (Å²) in [5.41, 5.74) is 5.79. The minimum atomic E-state index is -0.449. The summed E-state index contributed by atoms with van der Waals surface area (Å²) in [6, 6.07) is 3.02. The Morgan fingerprint density at radius 3 is 2.71 bits per heavy atom. The summed E-state index contributed by atoms with van der Waals surface area (Å²) >= 11 is 3.25. The van der Waals surface area contributed by atoms with E-state index in [-0.39, 0.29) is 11.6 Å². The molecule has 74 valence electrons. The largest absolute Gasteiger partial charge is 0.327 e. The second kappa shape index (κ2) is 3.67. The van der Waals surface area contributed by atoms with Crippen molar-refractivity contribution in [1.29, 1.82) is 0 Å². The molecule has 2 rings (SSSR count). The first-order valence-corrected chi connectivity index (χ1v) is 4.79. The van der Waals surface area contributed by atoms with E-state index in [4.69, 9.17) is 0 Å². The Labute approximate surface area is 88.1 Å².